The van der Waals surface area contributed by atoms with Crippen LogP contribution in [0.3, 0.4) is 0 Å². The Hall–Kier alpha value is -1.35. The van der Waals surface area contributed by atoms with Crippen LogP contribution in [0.15, 0.2) is 11.1 Å². The molecule has 5 N–H and O–H groups in total. The number of nitrogens with zero attached hydrogens (tertiary/aromatic N) is 3. The third-order valence-electron chi connectivity index (χ3n) is 2.44. The summed E-state index contributed by atoms with van der Waals surface area (Å²) in [5, 5.41) is 0. The zero-order chi connectivity index (χ0) is 14.8. The number of nitrogen functional groups attached to an aromatic ring is 1. The van der Waals surface area contributed by atoms with Crippen LogP contribution < -0.4 is 11.3 Å². The Labute approximate surface area is 117 Å². The average molecular weight is 319 g/mol. The van der Waals surface area contributed by atoms with Gasteiger partial charge in [0.25, 0.3) is 5.56 Å². The molecule has 2 aromatic heterocycles. The minimum atomic E-state index is -3.95. The van der Waals surface area contributed by atoms with Crippen molar-refractivity contribution in [1.29, 1.82) is 0 Å². The van der Waals surface area contributed by atoms with Gasteiger partial charge in [0.1, 0.15) is 0 Å². The van der Waals surface area contributed by atoms with Crippen molar-refractivity contribution in [2.45, 2.75) is 13.0 Å². The van der Waals surface area contributed by atoms with Crippen molar-refractivity contribution in [2.24, 2.45) is 0 Å². The molecule has 110 valence electrons. The topological polar surface area (TPSA) is 147 Å². The predicted molar refractivity (Wildman–Crippen MR) is 76.5 cm³/mol. The molecule has 0 amide bonds. The molecule has 20 heavy (non-hydrogen) atoms. The number of imidazole rings is 1. The van der Waals surface area contributed by atoms with Crippen molar-refractivity contribution in [2.75, 3.05) is 17.0 Å². The highest BCUT2D eigenvalue weighted by atomic mass is 32.2. The van der Waals surface area contributed by atoms with Crippen LogP contribution in [-0.2, 0) is 11.1 Å². The van der Waals surface area contributed by atoms with Crippen LogP contribution in [0.5, 0.6) is 0 Å². The van der Waals surface area contributed by atoms with Crippen LogP contribution in [0.2, 0.25) is 0 Å². The maximum atomic E-state index is 11.6. The van der Waals surface area contributed by atoms with E-state index in [4.69, 9.17) is 15.5 Å². The van der Waals surface area contributed by atoms with Gasteiger partial charge in [-0.3, -0.25) is 14.3 Å². The van der Waals surface area contributed by atoms with Gasteiger partial charge in [0.2, 0.25) is 5.95 Å². The number of H-pyrrole nitrogens is 1. The van der Waals surface area contributed by atoms with E-state index in [0.29, 0.717) is 24.4 Å². The zero-order valence-electron chi connectivity index (χ0n) is 10.4. The van der Waals surface area contributed by atoms with Crippen molar-refractivity contribution < 1.29 is 14.4 Å². The van der Waals surface area contributed by atoms with E-state index in [9.17, 15) is 9.36 Å². The molecule has 0 spiro atoms. The van der Waals surface area contributed by atoms with Gasteiger partial charge in [0, 0.05) is 6.54 Å². The molecular weight excluding hydrogens is 305 g/mol. The molecule has 9 nitrogen and oxygen atoms in total. The molecule has 0 radical (unpaired) electrons. The summed E-state index contributed by atoms with van der Waals surface area (Å²) in [4.78, 5) is 39.3. The van der Waals surface area contributed by atoms with Gasteiger partial charge in [0.15, 0.2) is 11.2 Å². The lowest BCUT2D eigenvalue weighted by Crippen LogP contribution is -2.12. The van der Waals surface area contributed by atoms with E-state index >= 15 is 0 Å². The number of nitrogens with two attached hydrogens (primary N) is 1. The normalized spacial score (nSPS) is 12.1. The highest BCUT2D eigenvalue weighted by Gasteiger charge is 2.12. The van der Waals surface area contributed by atoms with E-state index in [-0.39, 0.29) is 22.5 Å². The van der Waals surface area contributed by atoms with E-state index in [0.717, 1.165) is 0 Å². The number of thioether (sulfide) groups is 1. The molecule has 2 aromatic rings. The van der Waals surface area contributed by atoms with Gasteiger partial charge in [-0.25, -0.2) is 4.98 Å². The molecule has 2 heterocycles. The SMILES string of the molecule is Nc1nc2c(ncn2CCCSCP(=O)(O)O)c(=O)[nH]1. The summed E-state index contributed by atoms with van der Waals surface area (Å²) in [6.07, 6.45) is 2.17. The van der Waals surface area contributed by atoms with Crippen molar-refractivity contribution in [3.05, 3.63) is 16.7 Å². The van der Waals surface area contributed by atoms with E-state index < -0.39 is 7.60 Å². The van der Waals surface area contributed by atoms with Crippen molar-refractivity contribution in [1.82, 2.24) is 19.5 Å². The van der Waals surface area contributed by atoms with Gasteiger partial charge in [0.05, 0.1) is 11.8 Å². The Morgan fingerprint density at radius 1 is 1.50 bits per heavy atom. The molecule has 0 atom stereocenters. The molecule has 0 fully saturated rings. The molecule has 0 aromatic carbocycles. The number of anilines is 1. The van der Waals surface area contributed by atoms with Crippen molar-refractivity contribution >= 4 is 36.5 Å². The second-order valence-corrected chi connectivity index (χ2v) is 7.30. The van der Waals surface area contributed by atoms with E-state index in [1.54, 1.807) is 4.57 Å². The Morgan fingerprint density at radius 2 is 2.25 bits per heavy atom. The van der Waals surface area contributed by atoms with Crippen LogP contribution in [-0.4, -0.2) is 40.6 Å². The standard InChI is InChI=1S/C9H14N5O4PS/c10-9-12-7-6(8(15)13-9)11-4-14(7)2-1-3-20-5-19(16,17)18/h4H,1-3,5H2,(H2,16,17,18)(H3,10,12,13,15). The number of aromatic nitrogens is 4. The first-order chi connectivity index (χ1) is 9.37. The molecule has 0 aliphatic heterocycles. The molecule has 0 aliphatic carbocycles. The zero-order valence-corrected chi connectivity index (χ0v) is 12.1. The fourth-order valence-corrected chi connectivity index (χ4v) is 3.46. The van der Waals surface area contributed by atoms with Crippen LogP contribution in [0.4, 0.5) is 5.95 Å². The molecule has 2 rings (SSSR count). The summed E-state index contributed by atoms with van der Waals surface area (Å²) in [6.45, 7) is 0.542. The molecule has 0 bridgehead atoms. The number of aromatic amines is 1. The lowest BCUT2D eigenvalue weighted by molar-refractivity contribution is 0.379. The fraction of sp³-hybridized carbons (Fsp3) is 0.444. The number of nitrogens with one attached hydrogen (secondary N) is 1. The number of aryl methyl sites for hydroxylation is 1. The van der Waals surface area contributed by atoms with Gasteiger partial charge >= 0.3 is 7.60 Å². The second-order valence-electron chi connectivity index (χ2n) is 4.12. The minimum Gasteiger partial charge on any atom is -0.369 e. The van der Waals surface area contributed by atoms with Crippen LogP contribution in [0, 0.1) is 0 Å². The molecule has 0 aliphatic rings. The monoisotopic (exact) mass is 319 g/mol. The van der Waals surface area contributed by atoms with Gasteiger partial charge in [-0.05, 0) is 12.2 Å². The summed E-state index contributed by atoms with van der Waals surface area (Å²) in [7, 11) is -3.95. The summed E-state index contributed by atoms with van der Waals surface area (Å²) in [6, 6.07) is 0. The smallest absolute Gasteiger partial charge is 0.335 e. The predicted octanol–water partition coefficient (Wildman–Crippen LogP) is -0.0397. The number of hydrogen-bond donors (Lipinski definition) is 4. The molecular formula is C9H14N5O4PS. The first kappa shape index (κ1) is 15.0. The number of hydrogen-bond acceptors (Lipinski definition) is 6. The molecule has 11 heteroatoms. The average Bonchev–Trinajstić information content (AvgIpc) is 2.70. The molecule has 0 saturated carbocycles. The van der Waals surface area contributed by atoms with Crippen molar-refractivity contribution in [3.63, 3.8) is 0 Å². The lowest BCUT2D eigenvalue weighted by atomic mass is 10.4. The van der Waals surface area contributed by atoms with E-state index in [1.165, 1.54) is 18.1 Å². The summed E-state index contributed by atoms with van der Waals surface area (Å²) >= 11 is 1.18. The first-order valence-corrected chi connectivity index (χ1v) is 8.65. The Morgan fingerprint density at radius 3 is 2.95 bits per heavy atom. The fourth-order valence-electron chi connectivity index (χ4n) is 1.65. The van der Waals surface area contributed by atoms with Gasteiger partial charge in [-0.1, -0.05) is 0 Å². The summed E-state index contributed by atoms with van der Waals surface area (Å²) in [5.74, 6) is 0.615. The third-order valence-corrected chi connectivity index (χ3v) is 5.09. The maximum absolute atomic E-state index is 11.6. The van der Waals surface area contributed by atoms with Crippen LogP contribution in [0.1, 0.15) is 6.42 Å². The Balaban J connectivity index is 1.97. The van der Waals surface area contributed by atoms with E-state index in [2.05, 4.69) is 15.0 Å². The van der Waals surface area contributed by atoms with Gasteiger partial charge < -0.3 is 20.1 Å². The first-order valence-electron chi connectivity index (χ1n) is 5.70. The quantitative estimate of drug-likeness (QED) is 0.428. The van der Waals surface area contributed by atoms with Gasteiger partial charge in [-0.2, -0.15) is 4.98 Å². The van der Waals surface area contributed by atoms with Crippen molar-refractivity contribution in [3.8, 4) is 0 Å². The van der Waals surface area contributed by atoms with Crippen LogP contribution >= 0.6 is 19.4 Å². The van der Waals surface area contributed by atoms with Crippen LogP contribution in [0.25, 0.3) is 11.2 Å². The lowest BCUT2D eigenvalue weighted by Gasteiger charge is -2.05. The summed E-state index contributed by atoms with van der Waals surface area (Å²) < 4.78 is 12.4. The van der Waals surface area contributed by atoms with E-state index in [1.807, 2.05) is 0 Å². The minimum absolute atomic E-state index is 0.0279. The van der Waals surface area contributed by atoms with Gasteiger partial charge in [-0.15, -0.1) is 11.8 Å². The Bertz CT molecular complexity index is 708. The molecule has 0 unspecified atom stereocenters. The maximum Gasteiger partial charge on any atom is 0.335 e. The summed E-state index contributed by atoms with van der Waals surface area (Å²) in [5.41, 5.74) is 5.53. The number of fused-ring (bicyclic) bond motifs is 1. The number of rotatable bonds is 6. The molecule has 0 saturated heterocycles. The highest BCUT2D eigenvalue weighted by Crippen LogP contribution is 2.38. The second kappa shape index (κ2) is 5.96. The Kier molecular flexibility index (Phi) is 4.48. The third kappa shape index (κ3) is 3.83. The largest absolute Gasteiger partial charge is 0.369 e. The highest BCUT2D eigenvalue weighted by molar-refractivity contribution is 8.04.